The Kier molecular flexibility index (Phi) is 12.1. The maximum atomic E-state index is 13.8. The molecule has 1 atom stereocenters. The van der Waals surface area contributed by atoms with Gasteiger partial charge in [-0.25, -0.2) is 0 Å². The topological polar surface area (TPSA) is 127 Å². The molecule has 4 amide bonds. The van der Waals surface area contributed by atoms with Gasteiger partial charge >= 0.3 is 0 Å². The maximum Gasteiger partial charge on any atom is 0.254 e. The van der Waals surface area contributed by atoms with Crippen LogP contribution in [-0.4, -0.2) is 73.8 Å². The summed E-state index contributed by atoms with van der Waals surface area (Å²) in [5.41, 5.74) is 3.19. The van der Waals surface area contributed by atoms with Gasteiger partial charge in [-0.05, 0) is 77.7 Å². The molecule has 0 aromatic heterocycles. The Balaban J connectivity index is 1.48. The number of hydrogen-bond acceptors (Lipinski definition) is 7. The predicted molar refractivity (Wildman–Crippen MR) is 194 cm³/mol. The second-order valence-corrected chi connectivity index (χ2v) is 12.9. The Bertz CT molecular complexity index is 1950. The Labute approximate surface area is 306 Å². The number of ether oxygens (including phenoxy) is 3. The lowest BCUT2D eigenvalue weighted by atomic mass is 10.0. The molecule has 4 bridgehead atoms. The first kappa shape index (κ1) is 37.0. The number of rotatable bonds is 7. The molecule has 0 aliphatic carbocycles. The van der Waals surface area contributed by atoms with E-state index in [2.05, 4.69) is 10.6 Å². The molecule has 1 aliphatic rings. The summed E-state index contributed by atoms with van der Waals surface area (Å²) in [6.45, 7) is 1.27. The first-order valence-electron chi connectivity index (χ1n) is 16.1. The van der Waals surface area contributed by atoms with E-state index in [1.165, 1.54) is 31.1 Å². The second kappa shape index (κ2) is 16.6. The zero-order chi connectivity index (χ0) is 36.7. The van der Waals surface area contributed by atoms with Crippen LogP contribution in [0.15, 0.2) is 78.9 Å². The standard InChI is InChI=1S/C38H38Cl2N4O7/c1-23-8-11-27-18-33(23)51-28-7-5-6-24(14-28)16-31(37(47)41-19-25-10-13-32(49-3)34(17-25)50-4)42-35(45)21-44(36(46)22-43(2)38(27)48)20-26-9-12-29(39)30(40)15-26/h5-15,17-18,31H,16,19-22H2,1-4H3,(H,41,47)(H,42,45). The number of methoxy groups -OCH3 is 2. The van der Waals surface area contributed by atoms with Gasteiger partial charge in [-0.2, -0.15) is 0 Å². The van der Waals surface area contributed by atoms with Crippen molar-refractivity contribution in [3.8, 4) is 23.0 Å². The molecule has 0 saturated carbocycles. The van der Waals surface area contributed by atoms with Crippen LogP contribution in [0.25, 0.3) is 0 Å². The van der Waals surface area contributed by atoms with Crippen molar-refractivity contribution >= 4 is 46.8 Å². The van der Waals surface area contributed by atoms with Crippen LogP contribution in [0.1, 0.15) is 32.6 Å². The Hall–Kier alpha value is -5.26. The van der Waals surface area contributed by atoms with E-state index in [1.54, 1.807) is 72.8 Å². The average molecular weight is 734 g/mol. The van der Waals surface area contributed by atoms with E-state index in [4.69, 9.17) is 37.4 Å². The third kappa shape index (κ3) is 9.50. The average Bonchev–Trinajstić information content (AvgIpc) is 3.11. The minimum atomic E-state index is -1.03. The monoisotopic (exact) mass is 732 g/mol. The van der Waals surface area contributed by atoms with Crippen LogP contribution in [0.2, 0.25) is 10.0 Å². The first-order chi connectivity index (χ1) is 24.4. The summed E-state index contributed by atoms with van der Waals surface area (Å²) in [5.74, 6) is 0.0681. The van der Waals surface area contributed by atoms with Crippen molar-refractivity contribution in [1.29, 1.82) is 0 Å². The van der Waals surface area contributed by atoms with Crippen LogP contribution >= 0.6 is 23.2 Å². The number of nitrogens with one attached hydrogen (secondary N) is 2. The number of carbonyl (C=O) groups is 4. The van der Waals surface area contributed by atoms with Gasteiger partial charge in [0.1, 0.15) is 17.5 Å². The van der Waals surface area contributed by atoms with Crippen molar-refractivity contribution in [2.45, 2.75) is 32.5 Å². The number of benzene rings is 4. The lowest BCUT2D eigenvalue weighted by Gasteiger charge is -2.27. The van der Waals surface area contributed by atoms with E-state index in [0.717, 1.165) is 11.1 Å². The number of carbonyl (C=O) groups excluding carboxylic acids is 4. The molecule has 51 heavy (non-hydrogen) atoms. The second-order valence-electron chi connectivity index (χ2n) is 12.1. The van der Waals surface area contributed by atoms with E-state index < -0.39 is 36.2 Å². The van der Waals surface area contributed by atoms with Crippen molar-refractivity contribution in [1.82, 2.24) is 20.4 Å². The molecule has 266 valence electrons. The Morgan fingerprint density at radius 2 is 1.67 bits per heavy atom. The largest absolute Gasteiger partial charge is 0.493 e. The predicted octanol–water partition coefficient (Wildman–Crippen LogP) is 5.57. The van der Waals surface area contributed by atoms with Gasteiger partial charge in [0.15, 0.2) is 11.5 Å². The SMILES string of the molecule is COc1ccc(CNC(=O)C2Cc3cccc(c3)Oc3cc(ccc3C)C(=O)N(C)CC(=O)N(Cc3ccc(Cl)c(Cl)c3)CC(=O)N2)cc1OC. The van der Waals surface area contributed by atoms with E-state index in [9.17, 15) is 19.2 Å². The normalized spacial score (nSPS) is 15.4. The molecule has 1 heterocycles. The summed E-state index contributed by atoms with van der Waals surface area (Å²) >= 11 is 12.4. The Morgan fingerprint density at radius 3 is 2.41 bits per heavy atom. The molecule has 0 saturated heterocycles. The highest BCUT2D eigenvalue weighted by Crippen LogP contribution is 2.29. The summed E-state index contributed by atoms with van der Waals surface area (Å²) < 4.78 is 16.9. The molecule has 1 unspecified atom stereocenters. The minimum Gasteiger partial charge on any atom is -0.493 e. The van der Waals surface area contributed by atoms with Gasteiger partial charge in [0.2, 0.25) is 17.7 Å². The van der Waals surface area contributed by atoms with Gasteiger partial charge in [0.25, 0.3) is 5.91 Å². The molecule has 0 fully saturated rings. The fourth-order valence-electron chi connectivity index (χ4n) is 5.55. The summed E-state index contributed by atoms with van der Waals surface area (Å²) in [5, 5.41) is 6.36. The number of likely N-dealkylation sites (N-methyl/N-ethyl adjacent to an activating group) is 1. The summed E-state index contributed by atoms with van der Waals surface area (Å²) in [6.07, 6.45) is 0.113. The number of amides is 4. The molecular weight excluding hydrogens is 695 g/mol. The van der Waals surface area contributed by atoms with Gasteiger partial charge in [-0.15, -0.1) is 0 Å². The third-order valence-corrected chi connectivity index (χ3v) is 9.07. The minimum absolute atomic E-state index is 0.00803. The third-order valence-electron chi connectivity index (χ3n) is 8.33. The molecule has 1 aliphatic heterocycles. The Morgan fingerprint density at radius 1 is 0.902 bits per heavy atom. The molecule has 13 heteroatoms. The zero-order valence-corrected chi connectivity index (χ0v) is 30.1. The molecule has 11 nitrogen and oxygen atoms in total. The number of halogens is 2. The number of aryl methyl sites for hydroxylation is 1. The van der Waals surface area contributed by atoms with Gasteiger partial charge in [-0.1, -0.05) is 53.5 Å². The highest BCUT2D eigenvalue weighted by Gasteiger charge is 2.27. The van der Waals surface area contributed by atoms with Gasteiger partial charge in [-0.3, -0.25) is 19.2 Å². The van der Waals surface area contributed by atoms with E-state index in [-0.39, 0.29) is 31.1 Å². The van der Waals surface area contributed by atoms with Crippen molar-refractivity contribution in [2.75, 3.05) is 34.4 Å². The molecule has 0 spiro atoms. The smallest absolute Gasteiger partial charge is 0.254 e. The molecule has 0 radical (unpaired) electrons. The van der Waals surface area contributed by atoms with Crippen LogP contribution in [0.4, 0.5) is 0 Å². The zero-order valence-electron chi connectivity index (χ0n) is 28.6. The number of nitrogens with zero attached hydrogens (tertiary/aromatic N) is 2. The molecule has 5 rings (SSSR count). The number of hydrogen-bond donors (Lipinski definition) is 2. The van der Waals surface area contributed by atoms with Gasteiger partial charge in [0.05, 0.1) is 37.4 Å². The van der Waals surface area contributed by atoms with E-state index >= 15 is 0 Å². The summed E-state index contributed by atoms with van der Waals surface area (Å²) in [4.78, 5) is 57.3. The first-order valence-corrected chi connectivity index (χ1v) is 16.8. The van der Waals surface area contributed by atoms with E-state index in [1.807, 2.05) is 13.0 Å². The van der Waals surface area contributed by atoms with Gasteiger partial charge in [0, 0.05) is 32.1 Å². The molecule has 4 aromatic rings. The lowest BCUT2D eigenvalue weighted by Crippen LogP contribution is -2.51. The van der Waals surface area contributed by atoms with Crippen LogP contribution in [0, 0.1) is 6.92 Å². The highest BCUT2D eigenvalue weighted by molar-refractivity contribution is 6.42. The van der Waals surface area contributed by atoms with E-state index in [0.29, 0.717) is 44.7 Å². The fourth-order valence-corrected chi connectivity index (χ4v) is 5.87. The van der Waals surface area contributed by atoms with Crippen LogP contribution in [0.3, 0.4) is 0 Å². The van der Waals surface area contributed by atoms with Crippen molar-refractivity contribution in [2.24, 2.45) is 0 Å². The fraction of sp³-hybridized carbons (Fsp3) is 0.263. The van der Waals surface area contributed by atoms with Crippen LogP contribution < -0.4 is 24.8 Å². The van der Waals surface area contributed by atoms with Crippen molar-refractivity contribution in [3.05, 3.63) is 117 Å². The highest BCUT2D eigenvalue weighted by atomic mass is 35.5. The summed E-state index contributed by atoms with van der Waals surface area (Å²) in [7, 11) is 4.57. The quantitative estimate of drug-likeness (QED) is 0.255. The van der Waals surface area contributed by atoms with Gasteiger partial charge < -0.3 is 34.6 Å². The lowest BCUT2D eigenvalue weighted by molar-refractivity contribution is -0.137. The van der Waals surface area contributed by atoms with Crippen molar-refractivity contribution < 1.29 is 33.4 Å². The number of fused-ring (bicyclic) bond motifs is 4. The summed E-state index contributed by atoms with van der Waals surface area (Å²) in [6, 6.07) is 21.4. The van der Waals surface area contributed by atoms with Crippen LogP contribution in [0.5, 0.6) is 23.0 Å². The molecule has 4 aromatic carbocycles. The molecular formula is C38H38Cl2N4O7. The maximum absolute atomic E-state index is 13.8. The molecule has 2 N–H and O–H groups in total. The van der Waals surface area contributed by atoms with Crippen molar-refractivity contribution in [3.63, 3.8) is 0 Å². The van der Waals surface area contributed by atoms with Crippen LogP contribution in [-0.2, 0) is 33.9 Å².